The number of carboxylic acids is 1. The minimum Gasteiger partial charge on any atom is -0.478 e. The molecule has 13 heteroatoms. The van der Waals surface area contributed by atoms with Crippen molar-refractivity contribution in [1.82, 2.24) is 15.1 Å². The molecule has 0 bridgehead atoms. The second-order valence-corrected chi connectivity index (χ2v) is 8.51. The van der Waals surface area contributed by atoms with Crippen LogP contribution < -0.4 is 10.2 Å². The number of carbonyl (C=O) groups excluding carboxylic acids is 1. The first-order valence-corrected chi connectivity index (χ1v) is 11.0. The molecule has 0 saturated carbocycles. The summed E-state index contributed by atoms with van der Waals surface area (Å²) in [5, 5.41) is 15.1. The van der Waals surface area contributed by atoms with E-state index in [9.17, 15) is 35.9 Å². The Morgan fingerprint density at radius 3 is 2.30 bits per heavy atom. The van der Waals surface area contributed by atoms with E-state index >= 15 is 0 Å². The monoisotopic (exact) mass is 526 g/mol. The Morgan fingerprint density at radius 1 is 1.03 bits per heavy atom. The number of aromatic carboxylic acids is 1. The summed E-state index contributed by atoms with van der Waals surface area (Å²) >= 11 is 0. The summed E-state index contributed by atoms with van der Waals surface area (Å²) in [5.74, 6) is -2.37. The van der Waals surface area contributed by atoms with E-state index in [1.54, 1.807) is 0 Å². The minimum absolute atomic E-state index is 0.00122. The molecule has 2 aromatic carbocycles. The van der Waals surface area contributed by atoms with Gasteiger partial charge in [-0.3, -0.25) is 4.79 Å². The molecular formula is C24H20F6N4O3. The number of amides is 1. The number of halogens is 6. The van der Waals surface area contributed by atoms with Crippen molar-refractivity contribution in [2.24, 2.45) is 0 Å². The van der Waals surface area contributed by atoms with Crippen molar-refractivity contribution in [2.75, 3.05) is 11.4 Å². The second kappa shape index (κ2) is 9.45. The van der Waals surface area contributed by atoms with Gasteiger partial charge in [0, 0.05) is 13.1 Å². The van der Waals surface area contributed by atoms with Crippen molar-refractivity contribution in [3.05, 3.63) is 82.0 Å². The summed E-state index contributed by atoms with van der Waals surface area (Å²) in [7, 11) is 0. The average Bonchev–Trinajstić information content (AvgIpc) is 3.39. The first-order valence-electron chi connectivity index (χ1n) is 11.0. The Labute approximate surface area is 206 Å². The SMILES string of the molecule is C[C@H](NC(=O)c1c(C(F)(F)F)nn2c1N(Cc1cccc(C(F)(F)F)c1)CC2)c1ccc(C(=O)O)cc1. The molecule has 0 aliphatic carbocycles. The molecule has 3 aromatic rings. The van der Waals surface area contributed by atoms with Crippen LogP contribution >= 0.6 is 0 Å². The fourth-order valence-corrected chi connectivity index (χ4v) is 4.15. The molecule has 2 N–H and O–H groups in total. The molecule has 0 saturated heterocycles. The number of anilines is 1. The summed E-state index contributed by atoms with van der Waals surface area (Å²) in [4.78, 5) is 25.6. The van der Waals surface area contributed by atoms with Gasteiger partial charge in [-0.25, -0.2) is 9.48 Å². The predicted octanol–water partition coefficient (Wildman–Crippen LogP) is 5.13. The zero-order valence-corrected chi connectivity index (χ0v) is 19.2. The van der Waals surface area contributed by atoms with E-state index in [4.69, 9.17) is 5.11 Å². The van der Waals surface area contributed by atoms with Crippen LogP contribution in [0.15, 0.2) is 48.5 Å². The van der Waals surface area contributed by atoms with Crippen molar-refractivity contribution in [3.63, 3.8) is 0 Å². The molecule has 7 nitrogen and oxygen atoms in total. The molecule has 1 atom stereocenters. The lowest BCUT2D eigenvalue weighted by molar-refractivity contribution is -0.142. The van der Waals surface area contributed by atoms with Gasteiger partial charge < -0.3 is 15.3 Å². The fraction of sp³-hybridized carbons (Fsp3) is 0.292. The highest BCUT2D eigenvalue weighted by Crippen LogP contribution is 2.39. The van der Waals surface area contributed by atoms with Gasteiger partial charge in [-0.1, -0.05) is 24.3 Å². The highest BCUT2D eigenvalue weighted by Gasteiger charge is 2.44. The largest absolute Gasteiger partial charge is 0.478 e. The van der Waals surface area contributed by atoms with E-state index in [2.05, 4.69) is 10.4 Å². The number of carboxylic acid groups (broad SMARTS) is 1. The van der Waals surface area contributed by atoms with Crippen molar-refractivity contribution in [1.29, 1.82) is 0 Å². The maximum Gasteiger partial charge on any atom is 0.436 e. The molecule has 1 amide bonds. The maximum absolute atomic E-state index is 13.8. The summed E-state index contributed by atoms with van der Waals surface area (Å²) in [6, 6.07) is 9.10. The summed E-state index contributed by atoms with van der Waals surface area (Å²) in [5.41, 5.74) is -2.36. The Hall–Kier alpha value is -4.03. The maximum atomic E-state index is 13.8. The molecule has 37 heavy (non-hydrogen) atoms. The molecule has 4 rings (SSSR count). The number of benzene rings is 2. The van der Waals surface area contributed by atoms with E-state index < -0.39 is 47.1 Å². The second-order valence-electron chi connectivity index (χ2n) is 8.51. The van der Waals surface area contributed by atoms with Crippen LogP contribution in [0.25, 0.3) is 0 Å². The van der Waals surface area contributed by atoms with Gasteiger partial charge in [0.15, 0.2) is 5.69 Å². The quantitative estimate of drug-likeness (QED) is 0.435. The third-order valence-electron chi connectivity index (χ3n) is 5.94. The zero-order chi connectivity index (χ0) is 27.1. The van der Waals surface area contributed by atoms with Crippen LogP contribution in [-0.4, -0.2) is 33.3 Å². The van der Waals surface area contributed by atoms with Crippen LogP contribution in [0.1, 0.15) is 56.1 Å². The summed E-state index contributed by atoms with van der Waals surface area (Å²) < 4.78 is 81.8. The Balaban J connectivity index is 1.65. The van der Waals surface area contributed by atoms with Crippen molar-refractivity contribution in [3.8, 4) is 0 Å². The minimum atomic E-state index is -4.96. The van der Waals surface area contributed by atoms with Gasteiger partial charge in [0.2, 0.25) is 0 Å². The third kappa shape index (κ3) is 5.39. The number of hydrogen-bond donors (Lipinski definition) is 2. The summed E-state index contributed by atoms with van der Waals surface area (Å²) in [6.07, 6.45) is -9.55. The number of fused-ring (bicyclic) bond motifs is 1. The normalized spacial score (nSPS) is 14.4. The lowest BCUT2D eigenvalue weighted by Gasteiger charge is -2.21. The first kappa shape index (κ1) is 26.0. The summed E-state index contributed by atoms with van der Waals surface area (Å²) in [6.45, 7) is 1.50. The number of nitrogens with one attached hydrogen (secondary N) is 1. The number of alkyl halides is 6. The van der Waals surface area contributed by atoms with E-state index in [0.29, 0.717) is 5.56 Å². The van der Waals surface area contributed by atoms with Gasteiger partial charge >= 0.3 is 18.3 Å². The molecule has 0 radical (unpaired) electrons. The number of carbonyl (C=O) groups is 2. The molecule has 0 fully saturated rings. The molecular weight excluding hydrogens is 506 g/mol. The van der Waals surface area contributed by atoms with Crippen molar-refractivity contribution >= 4 is 17.7 Å². The molecule has 1 aliphatic heterocycles. The van der Waals surface area contributed by atoms with Crippen molar-refractivity contribution in [2.45, 2.75) is 38.4 Å². The number of nitrogens with zero attached hydrogens (tertiary/aromatic N) is 3. The number of hydrogen-bond acceptors (Lipinski definition) is 4. The van der Waals surface area contributed by atoms with Crippen LogP contribution in [0, 0.1) is 0 Å². The molecule has 0 unspecified atom stereocenters. The zero-order valence-electron chi connectivity index (χ0n) is 19.2. The smallest absolute Gasteiger partial charge is 0.436 e. The molecule has 2 heterocycles. The third-order valence-corrected chi connectivity index (χ3v) is 5.94. The van der Waals surface area contributed by atoms with E-state index in [1.807, 2.05) is 0 Å². The number of rotatable bonds is 6. The van der Waals surface area contributed by atoms with Crippen molar-refractivity contribution < 1.29 is 41.0 Å². The van der Waals surface area contributed by atoms with Gasteiger partial charge in [0.1, 0.15) is 11.4 Å². The Kier molecular flexibility index (Phi) is 6.65. The lowest BCUT2D eigenvalue weighted by atomic mass is 10.1. The van der Waals surface area contributed by atoms with Gasteiger partial charge in [0.25, 0.3) is 5.91 Å². The van der Waals surface area contributed by atoms with E-state index in [0.717, 1.165) is 16.8 Å². The van der Waals surface area contributed by atoms with Crippen LogP contribution in [0.3, 0.4) is 0 Å². The molecule has 1 aliphatic rings. The topological polar surface area (TPSA) is 87.5 Å². The predicted molar refractivity (Wildman–Crippen MR) is 119 cm³/mol. The average molecular weight is 526 g/mol. The van der Waals surface area contributed by atoms with Crippen LogP contribution in [0.5, 0.6) is 0 Å². The van der Waals surface area contributed by atoms with Gasteiger partial charge in [-0.2, -0.15) is 31.4 Å². The van der Waals surface area contributed by atoms with Gasteiger partial charge in [0.05, 0.1) is 23.7 Å². The van der Waals surface area contributed by atoms with Gasteiger partial charge in [-0.15, -0.1) is 0 Å². The Morgan fingerprint density at radius 2 is 1.70 bits per heavy atom. The lowest BCUT2D eigenvalue weighted by Crippen LogP contribution is -2.31. The van der Waals surface area contributed by atoms with Crippen LogP contribution in [0.4, 0.5) is 32.2 Å². The Bertz CT molecular complexity index is 1330. The van der Waals surface area contributed by atoms with Crippen LogP contribution in [-0.2, 0) is 25.4 Å². The number of aromatic nitrogens is 2. The fourth-order valence-electron chi connectivity index (χ4n) is 4.15. The standard InChI is InChI=1S/C24H20F6N4O3/c1-13(15-5-7-16(8-6-15)22(36)37)31-20(35)18-19(24(28,29)30)32-34-10-9-33(21(18)34)12-14-3-2-4-17(11-14)23(25,26)27/h2-8,11,13H,9-10,12H2,1H3,(H,31,35)(H,36,37)/t13-/m0/s1. The molecule has 0 spiro atoms. The van der Waals surface area contributed by atoms with Gasteiger partial charge in [-0.05, 0) is 42.3 Å². The molecule has 196 valence electrons. The molecule has 1 aromatic heterocycles. The highest BCUT2D eigenvalue weighted by atomic mass is 19.4. The highest BCUT2D eigenvalue weighted by molar-refractivity contribution is 6.01. The van der Waals surface area contributed by atoms with Crippen LogP contribution in [0.2, 0.25) is 0 Å². The van der Waals surface area contributed by atoms with E-state index in [1.165, 1.54) is 48.2 Å². The first-order chi connectivity index (χ1) is 17.3. The van der Waals surface area contributed by atoms with E-state index in [-0.39, 0.29) is 36.6 Å².